The topological polar surface area (TPSA) is 105 Å². The molecule has 2 heterocycles. The van der Waals surface area contributed by atoms with Gasteiger partial charge in [-0.2, -0.15) is 0 Å². The van der Waals surface area contributed by atoms with Crippen molar-refractivity contribution in [2.45, 2.75) is 38.0 Å². The first-order valence-corrected chi connectivity index (χ1v) is 11.5. The Kier molecular flexibility index (Phi) is 7.07. The van der Waals surface area contributed by atoms with Crippen molar-refractivity contribution >= 4 is 34.8 Å². The minimum Gasteiger partial charge on any atom is -0.508 e. The van der Waals surface area contributed by atoms with E-state index in [4.69, 9.17) is 11.6 Å². The highest BCUT2D eigenvalue weighted by Crippen LogP contribution is 2.33. The third-order valence-electron chi connectivity index (χ3n) is 6.24. The molecule has 176 valence electrons. The minimum absolute atomic E-state index is 0.00609. The molecule has 33 heavy (non-hydrogen) atoms. The normalized spacial score (nSPS) is 21.3. The summed E-state index contributed by atoms with van der Waals surface area (Å²) in [5, 5.41) is 27.5. The zero-order chi connectivity index (χ0) is 23.5. The van der Waals surface area contributed by atoms with E-state index >= 15 is 0 Å². The smallest absolute Gasteiger partial charge is 0.253 e. The van der Waals surface area contributed by atoms with Crippen molar-refractivity contribution in [2.24, 2.45) is 0 Å². The van der Waals surface area contributed by atoms with Gasteiger partial charge in [0.25, 0.3) is 5.91 Å². The lowest BCUT2D eigenvalue weighted by Gasteiger charge is -2.34. The third-order valence-corrected chi connectivity index (χ3v) is 6.50. The van der Waals surface area contributed by atoms with Gasteiger partial charge in [-0.25, -0.2) is 0 Å². The summed E-state index contributed by atoms with van der Waals surface area (Å²) in [6.45, 7) is 3.66. The van der Waals surface area contributed by atoms with Crippen LogP contribution in [0.1, 0.15) is 30.1 Å². The quantitative estimate of drug-likeness (QED) is 0.498. The number of benzene rings is 2. The molecule has 2 aliphatic heterocycles. The van der Waals surface area contributed by atoms with Crippen LogP contribution in [0.25, 0.3) is 0 Å². The Bertz CT molecular complexity index is 1010. The largest absolute Gasteiger partial charge is 0.508 e. The van der Waals surface area contributed by atoms with Crippen molar-refractivity contribution in [1.82, 2.24) is 10.2 Å². The number of aliphatic hydroxyl groups is 1. The maximum Gasteiger partial charge on any atom is 0.253 e. The lowest BCUT2D eigenvalue weighted by Crippen LogP contribution is -2.50. The molecule has 0 bridgehead atoms. The molecule has 8 nitrogen and oxygen atoms in total. The molecule has 0 saturated carbocycles. The van der Waals surface area contributed by atoms with Gasteiger partial charge in [-0.05, 0) is 49.2 Å². The number of carbonyl (C=O) groups is 2. The number of carbonyl (C=O) groups excluding carboxylic acids is 2. The fourth-order valence-corrected chi connectivity index (χ4v) is 4.68. The SMILES string of the molecule is CC(=O)Nc1ccc(O)cc1N1CC(NC2CCN(C(=O)c3ccc(Cl)cc3)CC2)[C@H](O)C1. The van der Waals surface area contributed by atoms with E-state index < -0.39 is 6.10 Å². The van der Waals surface area contributed by atoms with Crippen LogP contribution in [0.4, 0.5) is 11.4 Å². The van der Waals surface area contributed by atoms with Crippen LogP contribution < -0.4 is 15.5 Å². The van der Waals surface area contributed by atoms with Crippen molar-refractivity contribution in [3.05, 3.63) is 53.1 Å². The van der Waals surface area contributed by atoms with Crippen LogP contribution >= 0.6 is 11.6 Å². The van der Waals surface area contributed by atoms with Crippen molar-refractivity contribution in [1.29, 1.82) is 0 Å². The highest BCUT2D eigenvalue weighted by Gasteiger charge is 2.35. The Hall–Kier alpha value is -2.81. The molecule has 0 aromatic heterocycles. The molecule has 2 aromatic carbocycles. The summed E-state index contributed by atoms with van der Waals surface area (Å²) >= 11 is 5.91. The molecular weight excluding hydrogens is 444 g/mol. The van der Waals surface area contributed by atoms with Crippen LogP contribution in [0.2, 0.25) is 5.02 Å². The standard InChI is InChI=1S/C24H29ClN4O4/c1-15(30)26-20-7-6-19(31)12-22(20)29-13-21(23(32)14-29)27-18-8-10-28(11-9-18)24(33)16-2-4-17(25)5-3-16/h2-7,12,18,21,23,27,31-32H,8-11,13-14H2,1H3,(H,26,30)/t21?,23-/m1/s1. The molecule has 9 heteroatoms. The average Bonchev–Trinajstić information content (AvgIpc) is 3.15. The van der Waals surface area contributed by atoms with Crippen molar-refractivity contribution in [3.8, 4) is 5.75 Å². The molecule has 2 amide bonds. The van der Waals surface area contributed by atoms with E-state index in [1.165, 1.54) is 13.0 Å². The maximum absolute atomic E-state index is 12.7. The summed E-state index contributed by atoms with van der Waals surface area (Å²) < 4.78 is 0. The van der Waals surface area contributed by atoms with Crippen LogP contribution in [0.5, 0.6) is 5.75 Å². The van der Waals surface area contributed by atoms with Gasteiger partial charge in [-0.1, -0.05) is 11.6 Å². The van der Waals surface area contributed by atoms with Crippen molar-refractivity contribution in [2.75, 3.05) is 36.4 Å². The van der Waals surface area contributed by atoms with Crippen molar-refractivity contribution in [3.63, 3.8) is 0 Å². The second-order valence-electron chi connectivity index (χ2n) is 8.70. The predicted octanol–water partition coefficient (Wildman–Crippen LogP) is 2.45. The molecule has 2 saturated heterocycles. The minimum atomic E-state index is -0.591. The zero-order valence-corrected chi connectivity index (χ0v) is 19.3. The number of phenols is 1. The number of rotatable bonds is 5. The Morgan fingerprint density at radius 2 is 1.76 bits per heavy atom. The molecular formula is C24H29ClN4O4. The van der Waals surface area contributed by atoms with Gasteiger partial charge in [0.05, 0.1) is 23.5 Å². The zero-order valence-electron chi connectivity index (χ0n) is 18.5. The number of β-amino-alcohol motifs (C(OH)–C–C–N with tert-alkyl or cyclic N) is 1. The third kappa shape index (κ3) is 5.58. The molecule has 0 aliphatic carbocycles. The van der Waals surface area contributed by atoms with Gasteiger partial charge in [0.1, 0.15) is 5.75 Å². The van der Waals surface area contributed by atoms with Crippen LogP contribution in [0, 0.1) is 0 Å². The van der Waals surface area contributed by atoms with Crippen LogP contribution in [-0.2, 0) is 4.79 Å². The summed E-state index contributed by atoms with van der Waals surface area (Å²) in [6.07, 6.45) is 1.00. The number of nitrogens with one attached hydrogen (secondary N) is 2. The van der Waals surface area contributed by atoms with E-state index in [9.17, 15) is 19.8 Å². The number of hydrogen-bond donors (Lipinski definition) is 4. The molecule has 2 atom stereocenters. The molecule has 2 aliphatic rings. The molecule has 0 spiro atoms. The second-order valence-corrected chi connectivity index (χ2v) is 9.14. The summed E-state index contributed by atoms with van der Waals surface area (Å²) in [5.41, 5.74) is 1.91. The Balaban J connectivity index is 1.34. The lowest BCUT2D eigenvalue weighted by atomic mass is 10.0. The lowest BCUT2D eigenvalue weighted by molar-refractivity contribution is -0.114. The number of halogens is 1. The molecule has 1 unspecified atom stereocenters. The molecule has 4 rings (SSSR count). The van der Waals surface area contributed by atoms with Crippen molar-refractivity contribution < 1.29 is 19.8 Å². The number of aromatic hydroxyl groups is 1. The van der Waals surface area contributed by atoms with Gasteiger partial charge in [-0.15, -0.1) is 0 Å². The number of nitrogens with zero attached hydrogens (tertiary/aromatic N) is 2. The van der Waals surface area contributed by atoms with E-state index in [1.807, 2.05) is 9.80 Å². The fourth-order valence-electron chi connectivity index (χ4n) is 4.55. The second kappa shape index (κ2) is 9.99. The van der Waals surface area contributed by atoms with Gasteiger partial charge in [-0.3, -0.25) is 9.59 Å². The first-order chi connectivity index (χ1) is 15.8. The van der Waals surface area contributed by atoms with E-state index in [2.05, 4.69) is 10.6 Å². The number of phenolic OH excluding ortho intramolecular Hbond substituents is 1. The first kappa shape index (κ1) is 23.4. The summed E-state index contributed by atoms with van der Waals surface area (Å²) in [5.74, 6) is -0.0921. The summed E-state index contributed by atoms with van der Waals surface area (Å²) in [6, 6.07) is 11.8. The van der Waals surface area contributed by atoms with Crippen LogP contribution in [0.3, 0.4) is 0 Å². The Labute approximate surface area is 198 Å². The fraction of sp³-hybridized carbons (Fsp3) is 0.417. The Morgan fingerprint density at radius 3 is 2.42 bits per heavy atom. The summed E-state index contributed by atoms with van der Waals surface area (Å²) in [7, 11) is 0. The van der Waals surface area contributed by atoms with Gasteiger partial charge >= 0.3 is 0 Å². The van der Waals surface area contributed by atoms with Gasteiger partial charge in [0, 0.05) is 55.8 Å². The highest BCUT2D eigenvalue weighted by atomic mass is 35.5. The van der Waals surface area contributed by atoms with E-state index in [0.717, 1.165) is 12.8 Å². The number of aliphatic hydroxyl groups excluding tert-OH is 1. The number of piperidine rings is 1. The number of hydrogen-bond acceptors (Lipinski definition) is 6. The van der Waals surface area contributed by atoms with Gasteiger partial charge in [0.2, 0.25) is 5.91 Å². The van der Waals surface area contributed by atoms with E-state index in [-0.39, 0.29) is 29.6 Å². The van der Waals surface area contributed by atoms with Crippen LogP contribution in [0.15, 0.2) is 42.5 Å². The molecule has 2 fully saturated rings. The van der Waals surface area contributed by atoms with E-state index in [1.54, 1.807) is 36.4 Å². The highest BCUT2D eigenvalue weighted by molar-refractivity contribution is 6.30. The van der Waals surface area contributed by atoms with Crippen LogP contribution in [-0.4, -0.2) is 71.3 Å². The molecule has 4 N–H and O–H groups in total. The predicted molar refractivity (Wildman–Crippen MR) is 128 cm³/mol. The summed E-state index contributed by atoms with van der Waals surface area (Å²) in [4.78, 5) is 28.1. The van der Waals surface area contributed by atoms with Gasteiger partial charge < -0.3 is 30.6 Å². The number of anilines is 2. The average molecular weight is 473 g/mol. The number of amides is 2. The molecule has 2 aromatic rings. The monoisotopic (exact) mass is 472 g/mol. The maximum atomic E-state index is 12.7. The molecule has 0 radical (unpaired) electrons. The van der Waals surface area contributed by atoms with Gasteiger partial charge in [0.15, 0.2) is 0 Å². The first-order valence-electron chi connectivity index (χ1n) is 11.1. The number of likely N-dealkylation sites (tertiary alicyclic amines) is 1. The van der Waals surface area contributed by atoms with E-state index in [0.29, 0.717) is 48.1 Å². The Morgan fingerprint density at radius 1 is 1.06 bits per heavy atom.